The largest absolute Gasteiger partial charge is 0.462 e. The second-order valence-corrected chi connectivity index (χ2v) is 5.84. The summed E-state index contributed by atoms with van der Waals surface area (Å²) in [4.78, 5) is 12.7. The molecular formula is C14H17N3O2S. The van der Waals surface area contributed by atoms with Gasteiger partial charge in [-0.05, 0) is 44.1 Å². The maximum Gasteiger partial charge on any atom is 0.350 e. The number of ether oxygens (including phenoxy) is 1. The molecule has 3 rings (SSSR count). The minimum Gasteiger partial charge on any atom is -0.462 e. The first kappa shape index (κ1) is 13.3. The maximum atomic E-state index is 12.1. The first-order valence-corrected chi connectivity index (χ1v) is 7.56. The van der Waals surface area contributed by atoms with E-state index in [0.29, 0.717) is 17.4 Å². The highest BCUT2D eigenvalue weighted by molar-refractivity contribution is 7.08. The third kappa shape index (κ3) is 2.24. The Morgan fingerprint density at radius 3 is 2.85 bits per heavy atom. The summed E-state index contributed by atoms with van der Waals surface area (Å²) in [7, 11) is 1.89. The molecule has 0 radical (unpaired) electrons. The number of nitrogens with zero attached hydrogens (tertiary/aromatic N) is 3. The number of hydrogen-bond donors (Lipinski definition) is 0. The van der Waals surface area contributed by atoms with Gasteiger partial charge in [0.05, 0.1) is 18.0 Å². The molecule has 1 aliphatic rings. The third-order valence-corrected chi connectivity index (χ3v) is 4.29. The van der Waals surface area contributed by atoms with Gasteiger partial charge in [-0.2, -0.15) is 9.47 Å². The molecule has 1 aliphatic carbocycles. The average Bonchev–Trinajstić information content (AvgIpc) is 3.05. The summed E-state index contributed by atoms with van der Waals surface area (Å²) in [6.45, 7) is 4.18. The highest BCUT2D eigenvalue weighted by atomic mass is 32.1. The Morgan fingerprint density at radius 2 is 2.30 bits per heavy atom. The van der Waals surface area contributed by atoms with Crippen LogP contribution in [-0.4, -0.2) is 26.7 Å². The zero-order valence-corrected chi connectivity index (χ0v) is 12.7. The molecule has 1 fully saturated rings. The molecule has 0 N–H and O–H groups in total. The van der Waals surface area contributed by atoms with Crippen LogP contribution < -0.4 is 0 Å². The summed E-state index contributed by atoms with van der Waals surface area (Å²) in [6, 6.07) is 0. The molecular weight excluding hydrogens is 274 g/mol. The van der Waals surface area contributed by atoms with Crippen LogP contribution in [-0.2, 0) is 11.8 Å². The summed E-state index contributed by atoms with van der Waals surface area (Å²) in [6.07, 6.45) is 4.21. The smallest absolute Gasteiger partial charge is 0.350 e. The Morgan fingerprint density at radius 1 is 1.55 bits per heavy atom. The Bertz CT molecular complexity index is 655. The molecule has 6 heteroatoms. The van der Waals surface area contributed by atoms with E-state index in [4.69, 9.17) is 4.74 Å². The highest BCUT2D eigenvalue weighted by Gasteiger charge is 2.35. The van der Waals surface area contributed by atoms with E-state index in [1.54, 1.807) is 4.68 Å². The zero-order valence-electron chi connectivity index (χ0n) is 11.8. The Hall–Kier alpha value is -1.69. The van der Waals surface area contributed by atoms with E-state index in [0.717, 1.165) is 35.4 Å². The molecule has 0 amide bonds. The van der Waals surface area contributed by atoms with E-state index in [1.807, 2.05) is 27.1 Å². The molecule has 2 aromatic heterocycles. The second-order valence-electron chi connectivity index (χ2n) is 5.07. The SMILES string of the molecule is CCOC(=O)c1snc(-c2cn(C)nc2C)c1C1CC1. The summed E-state index contributed by atoms with van der Waals surface area (Å²) in [5.74, 6) is 0.197. The van der Waals surface area contributed by atoms with Crippen molar-refractivity contribution in [2.45, 2.75) is 32.6 Å². The van der Waals surface area contributed by atoms with Crippen LogP contribution in [0.3, 0.4) is 0 Å². The van der Waals surface area contributed by atoms with Crippen molar-refractivity contribution in [1.82, 2.24) is 14.2 Å². The number of rotatable bonds is 4. The van der Waals surface area contributed by atoms with Crippen LogP contribution in [0.1, 0.15) is 46.6 Å². The predicted octanol–water partition coefficient (Wildman–Crippen LogP) is 2.91. The Labute approximate surface area is 121 Å². The fourth-order valence-corrected chi connectivity index (χ4v) is 3.29. The molecule has 2 aromatic rings. The molecule has 5 nitrogen and oxygen atoms in total. The average molecular weight is 291 g/mol. The Balaban J connectivity index is 2.08. The van der Waals surface area contributed by atoms with Gasteiger partial charge >= 0.3 is 5.97 Å². The van der Waals surface area contributed by atoms with Crippen LogP contribution >= 0.6 is 11.5 Å². The monoisotopic (exact) mass is 291 g/mol. The first-order chi connectivity index (χ1) is 9.61. The van der Waals surface area contributed by atoms with Crippen LogP contribution in [0.25, 0.3) is 11.3 Å². The van der Waals surface area contributed by atoms with E-state index in [9.17, 15) is 4.79 Å². The van der Waals surface area contributed by atoms with Gasteiger partial charge in [-0.25, -0.2) is 4.79 Å². The molecule has 0 aromatic carbocycles. The van der Waals surface area contributed by atoms with Crippen molar-refractivity contribution in [3.63, 3.8) is 0 Å². The molecule has 0 saturated heterocycles. The lowest BCUT2D eigenvalue weighted by atomic mass is 10.0. The number of carbonyl (C=O) groups is 1. The van der Waals surface area contributed by atoms with Gasteiger partial charge in [0, 0.05) is 24.4 Å². The lowest BCUT2D eigenvalue weighted by molar-refractivity contribution is 0.0531. The van der Waals surface area contributed by atoms with Crippen molar-refractivity contribution in [3.05, 3.63) is 22.3 Å². The predicted molar refractivity (Wildman–Crippen MR) is 77.0 cm³/mol. The zero-order chi connectivity index (χ0) is 14.3. The van der Waals surface area contributed by atoms with Gasteiger partial charge in [0.1, 0.15) is 4.88 Å². The lowest BCUT2D eigenvalue weighted by Crippen LogP contribution is -2.05. The van der Waals surface area contributed by atoms with Crippen LogP contribution in [0.4, 0.5) is 0 Å². The molecule has 0 atom stereocenters. The minimum atomic E-state index is -0.250. The third-order valence-electron chi connectivity index (χ3n) is 3.44. The van der Waals surface area contributed by atoms with Crippen LogP contribution in [0, 0.1) is 6.92 Å². The van der Waals surface area contributed by atoms with E-state index in [2.05, 4.69) is 9.47 Å². The van der Waals surface area contributed by atoms with Crippen molar-refractivity contribution in [2.24, 2.45) is 7.05 Å². The number of hydrogen-bond acceptors (Lipinski definition) is 5. The minimum absolute atomic E-state index is 0.250. The second kappa shape index (κ2) is 5.01. The van der Waals surface area contributed by atoms with E-state index >= 15 is 0 Å². The number of carbonyl (C=O) groups excluding carboxylic acids is 1. The fourth-order valence-electron chi connectivity index (χ4n) is 2.42. The van der Waals surface area contributed by atoms with Crippen molar-refractivity contribution in [2.75, 3.05) is 6.61 Å². The van der Waals surface area contributed by atoms with Gasteiger partial charge in [-0.3, -0.25) is 4.68 Å². The molecule has 1 saturated carbocycles. The number of aryl methyl sites for hydroxylation is 2. The summed E-state index contributed by atoms with van der Waals surface area (Å²) in [5.41, 5.74) is 3.92. The standard InChI is InChI=1S/C14H17N3O2S/c1-4-19-14(18)13-11(9-5-6-9)12(16-20-13)10-7-17(3)15-8(10)2/h7,9H,4-6H2,1-3H3. The van der Waals surface area contributed by atoms with E-state index in [1.165, 1.54) is 11.5 Å². The van der Waals surface area contributed by atoms with Gasteiger partial charge < -0.3 is 4.74 Å². The van der Waals surface area contributed by atoms with Gasteiger partial charge in [-0.15, -0.1) is 0 Å². The molecule has 106 valence electrons. The molecule has 0 aliphatic heterocycles. The van der Waals surface area contributed by atoms with Crippen molar-refractivity contribution >= 4 is 17.5 Å². The maximum absolute atomic E-state index is 12.1. The normalized spacial score (nSPS) is 14.6. The fraction of sp³-hybridized carbons (Fsp3) is 0.500. The molecule has 0 bridgehead atoms. The summed E-state index contributed by atoms with van der Waals surface area (Å²) >= 11 is 1.24. The van der Waals surface area contributed by atoms with Crippen LogP contribution in [0.15, 0.2) is 6.20 Å². The van der Waals surface area contributed by atoms with Crippen molar-refractivity contribution in [3.8, 4) is 11.3 Å². The van der Waals surface area contributed by atoms with E-state index < -0.39 is 0 Å². The summed E-state index contributed by atoms with van der Waals surface area (Å²) in [5, 5.41) is 4.36. The quantitative estimate of drug-likeness (QED) is 0.813. The summed E-state index contributed by atoms with van der Waals surface area (Å²) < 4.78 is 11.4. The van der Waals surface area contributed by atoms with Crippen molar-refractivity contribution < 1.29 is 9.53 Å². The van der Waals surface area contributed by atoms with Crippen molar-refractivity contribution in [1.29, 1.82) is 0 Å². The van der Waals surface area contributed by atoms with Gasteiger partial charge in [-0.1, -0.05) is 0 Å². The lowest BCUT2D eigenvalue weighted by Gasteiger charge is -2.03. The van der Waals surface area contributed by atoms with E-state index in [-0.39, 0.29) is 5.97 Å². The van der Waals surface area contributed by atoms with Gasteiger partial charge in [0.25, 0.3) is 0 Å². The molecule has 20 heavy (non-hydrogen) atoms. The van der Waals surface area contributed by atoms with Gasteiger partial charge in [0.15, 0.2) is 0 Å². The molecule has 0 spiro atoms. The first-order valence-electron chi connectivity index (χ1n) is 6.79. The van der Waals surface area contributed by atoms with Crippen LogP contribution in [0.2, 0.25) is 0 Å². The molecule has 0 unspecified atom stereocenters. The molecule has 2 heterocycles. The van der Waals surface area contributed by atoms with Crippen LogP contribution in [0.5, 0.6) is 0 Å². The Kier molecular flexibility index (Phi) is 3.33. The van der Waals surface area contributed by atoms with Gasteiger partial charge in [0.2, 0.25) is 0 Å². The number of esters is 1. The highest BCUT2D eigenvalue weighted by Crippen LogP contribution is 2.47. The topological polar surface area (TPSA) is 57.0 Å². The number of aromatic nitrogens is 3.